The van der Waals surface area contributed by atoms with Crippen LogP contribution >= 0.6 is 0 Å². The molecule has 0 fully saturated rings. The zero-order chi connectivity index (χ0) is 16.1. The molecule has 1 N–H and O–H groups in total. The molecule has 1 amide bonds. The predicted octanol–water partition coefficient (Wildman–Crippen LogP) is 5.00. The smallest absolute Gasteiger partial charge is 0.224 e. The van der Waals surface area contributed by atoms with Crippen molar-refractivity contribution in [3.63, 3.8) is 0 Å². The molecule has 2 rings (SSSR count). The van der Waals surface area contributed by atoms with E-state index in [1.165, 1.54) is 11.1 Å². The van der Waals surface area contributed by atoms with E-state index in [1.807, 2.05) is 26.0 Å². The lowest BCUT2D eigenvalue weighted by Gasteiger charge is -2.10. The van der Waals surface area contributed by atoms with Crippen LogP contribution in [0.1, 0.15) is 48.4 Å². The van der Waals surface area contributed by atoms with Crippen LogP contribution in [0.25, 0.3) is 0 Å². The summed E-state index contributed by atoms with van der Waals surface area (Å²) in [5.41, 5.74) is 5.72. The number of hydrogen-bond acceptors (Lipinski definition) is 1. The van der Waals surface area contributed by atoms with E-state index in [1.54, 1.807) is 0 Å². The Morgan fingerprint density at radius 2 is 1.73 bits per heavy atom. The molecule has 2 nitrogen and oxygen atoms in total. The number of anilines is 1. The van der Waals surface area contributed by atoms with Gasteiger partial charge in [-0.2, -0.15) is 0 Å². The number of aryl methyl sites for hydroxylation is 3. The molecule has 116 valence electrons. The third kappa shape index (κ3) is 4.45. The predicted molar refractivity (Wildman–Crippen MR) is 93.4 cm³/mol. The molecular formula is C20H25NO. The third-order valence-electron chi connectivity index (χ3n) is 3.95. The fourth-order valence-corrected chi connectivity index (χ4v) is 2.41. The maximum Gasteiger partial charge on any atom is 0.224 e. The van der Waals surface area contributed by atoms with Crippen molar-refractivity contribution >= 4 is 11.6 Å². The van der Waals surface area contributed by atoms with Gasteiger partial charge in [0.15, 0.2) is 0 Å². The van der Waals surface area contributed by atoms with Crippen molar-refractivity contribution in [1.82, 2.24) is 0 Å². The molecule has 0 aliphatic heterocycles. The van der Waals surface area contributed by atoms with Gasteiger partial charge in [0, 0.05) is 12.1 Å². The maximum absolute atomic E-state index is 12.1. The second-order valence-corrected chi connectivity index (χ2v) is 6.26. The minimum Gasteiger partial charge on any atom is -0.326 e. The zero-order valence-electron chi connectivity index (χ0n) is 13.9. The van der Waals surface area contributed by atoms with Crippen LogP contribution in [-0.2, 0) is 11.2 Å². The van der Waals surface area contributed by atoms with Gasteiger partial charge in [0.1, 0.15) is 0 Å². The fourth-order valence-electron chi connectivity index (χ4n) is 2.41. The second-order valence-electron chi connectivity index (χ2n) is 6.26. The molecule has 0 heterocycles. The highest BCUT2D eigenvalue weighted by molar-refractivity contribution is 5.91. The molecular weight excluding hydrogens is 270 g/mol. The van der Waals surface area contributed by atoms with E-state index in [2.05, 4.69) is 49.5 Å². The topological polar surface area (TPSA) is 29.1 Å². The Morgan fingerprint density at radius 1 is 1.05 bits per heavy atom. The summed E-state index contributed by atoms with van der Waals surface area (Å²) in [6.07, 6.45) is 1.28. The van der Waals surface area contributed by atoms with Crippen molar-refractivity contribution < 1.29 is 4.79 Å². The molecule has 22 heavy (non-hydrogen) atoms. The van der Waals surface area contributed by atoms with Gasteiger partial charge >= 0.3 is 0 Å². The highest BCUT2D eigenvalue weighted by atomic mass is 16.1. The normalized spacial score (nSPS) is 10.8. The van der Waals surface area contributed by atoms with E-state index < -0.39 is 0 Å². The van der Waals surface area contributed by atoms with Crippen LogP contribution in [0.2, 0.25) is 0 Å². The molecule has 0 radical (unpaired) electrons. The molecule has 0 spiro atoms. The number of amides is 1. The van der Waals surface area contributed by atoms with Crippen molar-refractivity contribution in [2.24, 2.45) is 0 Å². The Morgan fingerprint density at radius 3 is 2.36 bits per heavy atom. The van der Waals surface area contributed by atoms with Gasteiger partial charge in [0.05, 0.1) is 0 Å². The van der Waals surface area contributed by atoms with Crippen LogP contribution in [0.3, 0.4) is 0 Å². The SMILES string of the molecule is Cc1ccc(C)c(NC(=O)CCc2ccc(C(C)C)cc2)c1. The number of nitrogens with one attached hydrogen (secondary N) is 1. The van der Waals surface area contributed by atoms with Gasteiger partial charge in [-0.3, -0.25) is 4.79 Å². The van der Waals surface area contributed by atoms with E-state index in [0.29, 0.717) is 12.3 Å². The summed E-state index contributed by atoms with van der Waals surface area (Å²) in [4.78, 5) is 12.1. The first-order chi connectivity index (χ1) is 10.5. The molecule has 0 aromatic heterocycles. The third-order valence-corrected chi connectivity index (χ3v) is 3.95. The lowest BCUT2D eigenvalue weighted by molar-refractivity contribution is -0.116. The van der Waals surface area contributed by atoms with Crippen LogP contribution in [0.5, 0.6) is 0 Å². The molecule has 0 aliphatic rings. The van der Waals surface area contributed by atoms with Gasteiger partial charge in [-0.25, -0.2) is 0 Å². The number of benzene rings is 2. The van der Waals surface area contributed by atoms with Crippen LogP contribution < -0.4 is 5.32 Å². The molecule has 2 aromatic carbocycles. The van der Waals surface area contributed by atoms with Gasteiger partial charge in [0.25, 0.3) is 0 Å². The molecule has 0 unspecified atom stereocenters. The lowest BCUT2D eigenvalue weighted by Crippen LogP contribution is -2.13. The van der Waals surface area contributed by atoms with Gasteiger partial charge in [-0.15, -0.1) is 0 Å². The average molecular weight is 295 g/mol. The summed E-state index contributed by atoms with van der Waals surface area (Å²) in [5, 5.41) is 3.01. The molecule has 2 aromatic rings. The quantitative estimate of drug-likeness (QED) is 0.826. The molecule has 0 saturated heterocycles. The maximum atomic E-state index is 12.1. The number of carbonyl (C=O) groups is 1. The molecule has 0 atom stereocenters. The van der Waals surface area contributed by atoms with Gasteiger partial charge in [0.2, 0.25) is 5.91 Å². The van der Waals surface area contributed by atoms with E-state index >= 15 is 0 Å². The van der Waals surface area contributed by atoms with Gasteiger partial charge < -0.3 is 5.32 Å². The summed E-state index contributed by atoms with van der Waals surface area (Å²) < 4.78 is 0. The van der Waals surface area contributed by atoms with E-state index in [0.717, 1.165) is 23.2 Å². The van der Waals surface area contributed by atoms with Crippen molar-refractivity contribution in [1.29, 1.82) is 0 Å². The van der Waals surface area contributed by atoms with Gasteiger partial charge in [-0.1, -0.05) is 50.2 Å². The summed E-state index contributed by atoms with van der Waals surface area (Å²) in [5.74, 6) is 0.614. The molecule has 0 aliphatic carbocycles. The van der Waals surface area contributed by atoms with Crippen molar-refractivity contribution in [3.05, 3.63) is 64.7 Å². The summed E-state index contributed by atoms with van der Waals surface area (Å²) in [6, 6.07) is 14.7. The highest BCUT2D eigenvalue weighted by Crippen LogP contribution is 2.18. The first-order valence-corrected chi connectivity index (χ1v) is 7.91. The Kier molecular flexibility index (Phi) is 5.37. The van der Waals surface area contributed by atoms with Crippen molar-refractivity contribution in [2.75, 3.05) is 5.32 Å². The molecule has 0 bridgehead atoms. The first-order valence-electron chi connectivity index (χ1n) is 7.91. The molecule has 0 saturated carbocycles. The summed E-state index contributed by atoms with van der Waals surface area (Å²) in [6.45, 7) is 8.42. The van der Waals surface area contributed by atoms with E-state index in [4.69, 9.17) is 0 Å². The second kappa shape index (κ2) is 7.26. The molecule has 2 heteroatoms. The average Bonchev–Trinajstić information content (AvgIpc) is 2.49. The lowest BCUT2D eigenvalue weighted by atomic mass is 10.0. The summed E-state index contributed by atoms with van der Waals surface area (Å²) >= 11 is 0. The Balaban J connectivity index is 1.91. The van der Waals surface area contributed by atoms with Crippen LogP contribution in [-0.4, -0.2) is 5.91 Å². The van der Waals surface area contributed by atoms with Crippen LogP contribution in [0.4, 0.5) is 5.69 Å². The van der Waals surface area contributed by atoms with Crippen LogP contribution in [0, 0.1) is 13.8 Å². The highest BCUT2D eigenvalue weighted by Gasteiger charge is 2.06. The standard InChI is InChI=1S/C20H25NO/c1-14(2)18-10-7-17(8-11-18)9-12-20(22)21-19-13-15(3)5-6-16(19)4/h5-8,10-11,13-14H,9,12H2,1-4H3,(H,21,22). The van der Waals surface area contributed by atoms with E-state index in [-0.39, 0.29) is 5.91 Å². The Bertz CT molecular complexity index is 641. The number of hydrogen-bond donors (Lipinski definition) is 1. The number of rotatable bonds is 5. The zero-order valence-corrected chi connectivity index (χ0v) is 13.9. The first kappa shape index (κ1) is 16.3. The largest absolute Gasteiger partial charge is 0.326 e. The minimum atomic E-state index is 0.0710. The monoisotopic (exact) mass is 295 g/mol. The Labute approximate surface area is 133 Å². The minimum absolute atomic E-state index is 0.0710. The Hall–Kier alpha value is -2.09. The van der Waals surface area contributed by atoms with E-state index in [9.17, 15) is 4.79 Å². The fraction of sp³-hybridized carbons (Fsp3) is 0.350. The number of carbonyl (C=O) groups excluding carboxylic acids is 1. The van der Waals surface area contributed by atoms with Crippen molar-refractivity contribution in [2.45, 2.75) is 46.5 Å². The van der Waals surface area contributed by atoms with Crippen molar-refractivity contribution in [3.8, 4) is 0 Å². The van der Waals surface area contributed by atoms with Crippen LogP contribution in [0.15, 0.2) is 42.5 Å². The van der Waals surface area contributed by atoms with Gasteiger partial charge in [-0.05, 0) is 54.5 Å². The summed E-state index contributed by atoms with van der Waals surface area (Å²) in [7, 11) is 0.